The van der Waals surface area contributed by atoms with E-state index in [-0.39, 0.29) is 117 Å². The Morgan fingerprint density at radius 3 is 1.27 bits per heavy atom. The zero-order chi connectivity index (χ0) is 62.4. The number of anilines is 4. The van der Waals surface area contributed by atoms with Gasteiger partial charge in [-0.05, 0) is 153 Å². The second-order valence-corrected chi connectivity index (χ2v) is 22.6. The molecule has 4 fully saturated rings. The average molecular weight is 1200 g/mol. The van der Waals surface area contributed by atoms with Gasteiger partial charge in [-0.3, -0.25) is 9.59 Å². The topological polar surface area (TPSA) is 201 Å². The fraction of sp³-hybridized carbons (Fsp3) is 0.467. The van der Waals surface area contributed by atoms with E-state index in [9.17, 15) is 35.9 Å². The Morgan fingerprint density at radius 1 is 0.581 bits per heavy atom. The summed E-state index contributed by atoms with van der Waals surface area (Å²) < 4.78 is 131. The second kappa shape index (κ2) is 24.8. The molecule has 86 heavy (non-hydrogen) atoms. The number of ether oxygens (including phenoxy) is 2. The van der Waals surface area contributed by atoms with Gasteiger partial charge in [0.15, 0.2) is 11.6 Å². The zero-order valence-corrected chi connectivity index (χ0v) is 49.3. The number of alkyl halides is 6. The lowest BCUT2D eigenvalue weighted by Gasteiger charge is -2.40. The number of hydrogen-bond acceptors (Lipinski definition) is 16. The van der Waals surface area contributed by atoms with Crippen LogP contribution in [0.1, 0.15) is 72.9 Å². The second-order valence-electron chi connectivity index (χ2n) is 22.6. The number of likely N-dealkylation sites (tertiary alicyclic amines) is 2. The third kappa shape index (κ3) is 12.6. The van der Waals surface area contributed by atoms with Crippen molar-refractivity contribution < 1.29 is 54.2 Å². The van der Waals surface area contributed by atoms with Crippen LogP contribution in [-0.2, 0) is 21.9 Å². The van der Waals surface area contributed by atoms with Crippen molar-refractivity contribution in [2.24, 2.45) is 0 Å². The van der Waals surface area contributed by atoms with Crippen molar-refractivity contribution >= 4 is 56.9 Å². The number of amides is 2. The average Bonchev–Trinajstić information content (AvgIpc) is 0.993. The molecule has 26 heteroatoms. The summed E-state index contributed by atoms with van der Waals surface area (Å²) in [5.74, 6) is -1.91. The molecule has 0 saturated carbocycles. The van der Waals surface area contributed by atoms with Crippen LogP contribution in [0, 0.1) is 39.3 Å². The summed E-state index contributed by atoms with van der Waals surface area (Å²) >= 11 is 0. The summed E-state index contributed by atoms with van der Waals surface area (Å²) in [5.41, 5.74) is 7.43. The van der Waals surface area contributed by atoms with E-state index in [2.05, 4.69) is 52.9 Å². The first kappa shape index (κ1) is 62.5. The van der Waals surface area contributed by atoms with Crippen LogP contribution in [0.25, 0.3) is 44.3 Å². The molecule has 460 valence electrons. The smallest absolute Gasteiger partial charge is 0.418 e. The highest BCUT2D eigenvalue weighted by atomic mass is 19.4. The van der Waals surface area contributed by atoms with Crippen LogP contribution in [-0.4, -0.2) is 165 Å². The van der Waals surface area contributed by atoms with Crippen molar-refractivity contribution in [3.05, 3.63) is 94.6 Å². The first-order valence-electron chi connectivity index (χ1n) is 28.3. The first-order valence-corrected chi connectivity index (χ1v) is 28.3. The van der Waals surface area contributed by atoms with Crippen molar-refractivity contribution in [1.29, 1.82) is 0 Å². The van der Waals surface area contributed by atoms with Crippen molar-refractivity contribution in [3.8, 4) is 34.5 Å². The highest BCUT2D eigenvalue weighted by molar-refractivity contribution is 5.97. The minimum absolute atomic E-state index is 0.0824. The predicted octanol–water partition coefficient (Wildman–Crippen LogP) is 9.49. The number of piperazine rings is 2. The van der Waals surface area contributed by atoms with E-state index in [1.54, 1.807) is 21.9 Å². The number of hydrogen-bond donors (Lipinski definition) is 2. The summed E-state index contributed by atoms with van der Waals surface area (Å²) in [6.45, 7) is 21.2. The van der Waals surface area contributed by atoms with E-state index in [1.807, 2.05) is 37.7 Å². The molecular weight excluding hydrogens is 1130 g/mol. The predicted molar refractivity (Wildman–Crippen MR) is 313 cm³/mol. The summed E-state index contributed by atoms with van der Waals surface area (Å²) in [4.78, 5) is 62.1. The van der Waals surface area contributed by atoms with Gasteiger partial charge in [-0.15, -0.1) is 0 Å². The summed E-state index contributed by atoms with van der Waals surface area (Å²) in [7, 11) is 3.99. The molecule has 0 radical (unpaired) electrons. The van der Waals surface area contributed by atoms with Crippen LogP contribution in [0.4, 0.5) is 58.4 Å². The maximum atomic E-state index is 16.6. The summed E-state index contributed by atoms with van der Waals surface area (Å²) in [6.07, 6.45) is -3.20. The standard InChI is InChI=1S/2C30H35F4N7O2/c2*1-6-22(42)40-10-11-41(18(4)14-40)28-20-12-16(2)23(27-24(30(32,33)34)17(3)13-21(35)36-27)25(31)26(20)37-29(38-28)43-15-19-8-7-9-39(19)5/h2*6,12-13,18-19H,1,7-11,14-15H2,2-5H3,(H2,35,36)/t2*18-,19-/m00/s1. The van der Waals surface area contributed by atoms with Crippen molar-refractivity contribution in [2.45, 2.75) is 104 Å². The minimum Gasteiger partial charge on any atom is -0.462 e. The Hall–Kier alpha value is -8.00. The normalized spacial score (nSPS) is 19.7. The van der Waals surface area contributed by atoms with Crippen LogP contribution >= 0.6 is 0 Å². The lowest BCUT2D eigenvalue weighted by atomic mass is 9.95. The number of pyridine rings is 2. The molecule has 6 aromatic rings. The Balaban J connectivity index is 0.000000205. The molecular formula is C60H70F8N14O4. The minimum atomic E-state index is -4.80. The van der Waals surface area contributed by atoms with Crippen molar-refractivity contribution in [2.75, 3.05) is 101 Å². The number of nitrogen functional groups attached to an aromatic ring is 2. The van der Waals surface area contributed by atoms with Gasteiger partial charge in [0, 0.05) is 85.3 Å². The van der Waals surface area contributed by atoms with Gasteiger partial charge in [0.2, 0.25) is 11.8 Å². The molecule has 0 spiro atoms. The summed E-state index contributed by atoms with van der Waals surface area (Å²) in [5, 5.41) is 0.627. The number of rotatable bonds is 12. The first-order chi connectivity index (χ1) is 40.6. The monoisotopic (exact) mass is 1200 g/mol. The van der Waals surface area contributed by atoms with Crippen LogP contribution in [0.15, 0.2) is 49.6 Å². The molecule has 0 bridgehead atoms. The van der Waals surface area contributed by atoms with E-state index in [1.165, 1.54) is 39.8 Å². The van der Waals surface area contributed by atoms with Crippen molar-refractivity contribution in [3.63, 3.8) is 0 Å². The third-order valence-corrected chi connectivity index (χ3v) is 16.6. The van der Waals surface area contributed by atoms with Crippen LogP contribution in [0.3, 0.4) is 0 Å². The maximum absolute atomic E-state index is 16.6. The van der Waals surface area contributed by atoms with Gasteiger partial charge in [-0.2, -0.15) is 46.3 Å². The van der Waals surface area contributed by atoms with Crippen molar-refractivity contribution in [1.82, 2.24) is 49.5 Å². The van der Waals surface area contributed by atoms with E-state index >= 15 is 8.78 Å². The molecule has 0 unspecified atom stereocenters. The summed E-state index contributed by atoms with van der Waals surface area (Å²) in [6, 6.07) is 5.03. The third-order valence-electron chi connectivity index (χ3n) is 16.6. The Bertz CT molecular complexity index is 3390. The number of nitrogens with two attached hydrogens (primary N) is 2. The van der Waals surface area contributed by atoms with Crippen LogP contribution in [0.2, 0.25) is 0 Å². The molecule has 4 saturated heterocycles. The molecule has 8 heterocycles. The number of benzene rings is 2. The van der Waals surface area contributed by atoms with Gasteiger partial charge >= 0.3 is 24.4 Å². The number of likely N-dealkylation sites (N-methyl/N-ethyl adjacent to an activating group) is 2. The van der Waals surface area contributed by atoms with Gasteiger partial charge in [-0.1, -0.05) is 13.2 Å². The lowest BCUT2D eigenvalue weighted by Crippen LogP contribution is -2.53. The van der Waals surface area contributed by atoms with Gasteiger partial charge in [0.05, 0.1) is 22.5 Å². The number of halogens is 8. The fourth-order valence-corrected chi connectivity index (χ4v) is 12.2. The molecule has 0 aliphatic carbocycles. The SMILES string of the molecule is C=CC(=O)N1CCN(c2nc(OC[C@@H]3CCCN3C)nc3c(F)c(-c4nc(N)cc(C)c4C(F)(F)F)c(C)cc23)[C@@H](C)C1.C=CC(=O)N1CCN(c2nc(OC[C@@H]3CCCN3C)nc3c(F)c(-c4nc(N)cc(C)c4C(F)(F)F)c(C)cc23)[C@@H](C)C1. The molecule has 4 atom stereocenters. The molecule has 18 nitrogen and oxygen atoms in total. The van der Waals surface area contributed by atoms with Gasteiger partial charge < -0.3 is 50.3 Å². The molecule has 2 aromatic carbocycles. The van der Waals surface area contributed by atoms with Crippen LogP contribution < -0.4 is 30.7 Å². The molecule has 10 rings (SSSR count). The van der Waals surface area contributed by atoms with Gasteiger partial charge in [0.1, 0.15) is 47.5 Å². The largest absolute Gasteiger partial charge is 0.462 e. The Labute approximate surface area is 492 Å². The maximum Gasteiger partial charge on any atom is 0.418 e. The fourth-order valence-electron chi connectivity index (χ4n) is 12.2. The number of nitrogens with zero attached hydrogens (tertiary/aromatic N) is 12. The number of aromatic nitrogens is 6. The van der Waals surface area contributed by atoms with E-state index in [0.717, 1.165) is 50.9 Å². The number of aryl methyl sites for hydroxylation is 4. The quantitative estimate of drug-likeness (QED) is 0.0866. The molecule has 4 N–H and O–H groups in total. The molecule has 2 amide bonds. The highest BCUT2D eigenvalue weighted by Crippen LogP contribution is 2.46. The molecule has 4 aliphatic heterocycles. The van der Waals surface area contributed by atoms with Gasteiger partial charge in [-0.25, -0.2) is 18.7 Å². The van der Waals surface area contributed by atoms with E-state index < -0.39 is 46.5 Å². The van der Waals surface area contributed by atoms with E-state index in [0.29, 0.717) is 61.7 Å². The Morgan fingerprint density at radius 2 is 0.953 bits per heavy atom. The number of fused-ring (bicyclic) bond motifs is 2. The van der Waals surface area contributed by atoms with Crippen LogP contribution in [0.5, 0.6) is 12.0 Å². The van der Waals surface area contributed by atoms with Gasteiger partial charge in [0.25, 0.3) is 0 Å². The molecule has 4 aliphatic rings. The lowest BCUT2D eigenvalue weighted by molar-refractivity contribution is -0.138. The Kier molecular flexibility index (Phi) is 18.0. The number of carbonyl (C=O) groups is 2. The molecule has 4 aromatic heterocycles. The van der Waals surface area contributed by atoms with E-state index in [4.69, 9.17) is 20.9 Å². The number of carbonyl (C=O) groups excluding carboxylic acids is 2. The highest BCUT2D eigenvalue weighted by Gasteiger charge is 2.41. The zero-order valence-electron chi connectivity index (χ0n) is 49.3.